The topological polar surface area (TPSA) is 61.3 Å². The molecule has 0 unspecified atom stereocenters. The molecule has 4 N–H and O–H groups in total. The molecular formula is C13H11F3N2O. The predicted octanol–water partition coefficient (Wildman–Crippen LogP) is 3.42. The van der Waals surface area contributed by atoms with Gasteiger partial charge in [0, 0.05) is 5.69 Å². The molecule has 2 aromatic carbocycles. The molecule has 0 aliphatic carbocycles. The highest BCUT2D eigenvalue weighted by Crippen LogP contribution is 2.32. The quantitative estimate of drug-likeness (QED) is 0.820. The molecule has 0 saturated carbocycles. The maximum Gasteiger partial charge on any atom is 0.573 e. The van der Waals surface area contributed by atoms with Gasteiger partial charge in [0.15, 0.2) is 5.75 Å². The number of halogens is 3. The molecule has 0 saturated heterocycles. The normalized spacial score (nSPS) is 11.3. The summed E-state index contributed by atoms with van der Waals surface area (Å²) in [4.78, 5) is 0. The second-order valence-electron chi connectivity index (χ2n) is 3.92. The molecule has 0 amide bonds. The lowest BCUT2D eigenvalue weighted by Gasteiger charge is -2.12. The van der Waals surface area contributed by atoms with Crippen molar-refractivity contribution >= 4 is 11.4 Å². The van der Waals surface area contributed by atoms with E-state index in [0.29, 0.717) is 11.3 Å². The highest BCUT2D eigenvalue weighted by molar-refractivity contribution is 5.70. The smallest absolute Gasteiger partial charge is 0.404 e. The summed E-state index contributed by atoms with van der Waals surface area (Å²) in [5.74, 6) is -0.415. The van der Waals surface area contributed by atoms with Gasteiger partial charge in [-0.3, -0.25) is 0 Å². The Hall–Kier alpha value is -2.37. The van der Waals surface area contributed by atoms with E-state index in [0.717, 1.165) is 5.56 Å². The second-order valence-corrected chi connectivity index (χ2v) is 3.92. The van der Waals surface area contributed by atoms with Gasteiger partial charge in [0.2, 0.25) is 0 Å². The van der Waals surface area contributed by atoms with Crippen molar-refractivity contribution < 1.29 is 17.9 Å². The maximum absolute atomic E-state index is 12.2. The van der Waals surface area contributed by atoms with Crippen LogP contribution in [0.5, 0.6) is 5.75 Å². The average molecular weight is 268 g/mol. The van der Waals surface area contributed by atoms with Gasteiger partial charge in [-0.1, -0.05) is 18.2 Å². The number of nitrogen functional groups attached to an aromatic ring is 2. The van der Waals surface area contributed by atoms with Crippen LogP contribution in [0.15, 0.2) is 42.5 Å². The summed E-state index contributed by atoms with van der Waals surface area (Å²) in [7, 11) is 0. The number of hydrogen-bond acceptors (Lipinski definition) is 3. The summed E-state index contributed by atoms with van der Waals surface area (Å²) in [5.41, 5.74) is 12.8. The van der Waals surface area contributed by atoms with E-state index in [1.165, 1.54) is 12.1 Å². The monoisotopic (exact) mass is 268 g/mol. The molecule has 0 atom stereocenters. The summed E-state index contributed by atoms with van der Waals surface area (Å²) < 4.78 is 40.5. The number of alkyl halides is 3. The number of rotatable bonds is 2. The van der Waals surface area contributed by atoms with Crippen LogP contribution >= 0.6 is 0 Å². The fourth-order valence-electron chi connectivity index (χ4n) is 1.60. The number of ether oxygens (including phenoxy) is 1. The standard InChI is InChI=1S/C13H11F3N2O/c14-13(15,16)19-12-7-9(3-6-11(12)18)8-1-4-10(17)5-2-8/h1-7H,17-18H2. The lowest BCUT2D eigenvalue weighted by molar-refractivity contribution is -0.274. The number of anilines is 2. The van der Waals surface area contributed by atoms with E-state index < -0.39 is 12.1 Å². The van der Waals surface area contributed by atoms with E-state index in [-0.39, 0.29) is 5.69 Å². The van der Waals surface area contributed by atoms with Crippen LogP contribution in [0.25, 0.3) is 11.1 Å². The highest BCUT2D eigenvalue weighted by Gasteiger charge is 2.32. The van der Waals surface area contributed by atoms with E-state index in [1.807, 2.05) is 0 Å². The van der Waals surface area contributed by atoms with Crippen LogP contribution in [0.3, 0.4) is 0 Å². The molecular weight excluding hydrogens is 257 g/mol. The summed E-state index contributed by atoms with van der Waals surface area (Å²) >= 11 is 0. The lowest BCUT2D eigenvalue weighted by Crippen LogP contribution is -2.18. The van der Waals surface area contributed by atoms with Crippen molar-refractivity contribution in [2.75, 3.05) is 11.5 Å². The first-order valence-electron chi connectivity index (χ1n) is 5.36. The molecule has 0 fully saturated rings. The highest BCUT2D eigenvalue weighted by atomic mass is 19.4. The summed E-state index contributed by atoms with van der Waals surface area (Å²) in [6.45, 7) is 0. The van der Waals surface area contributed by atoms with Crippen molar-refractivity contribution in [2.24, 2.45) is 0 Å². The molecule has 0 aliphatic rings. The van der Waals surface area contributed by atoms with Crippen molar-refractivity contribution in [3.8, 4) is 16.9 Å². The van der Waals surface area contributed by atoms with Crippen LogP contribution in [0.1, 0.15) is 0 Å². The average Bonchev–Trinajstić information content (AvgIpc) is 2.31. The predicted molar refractivity (Wildman–Crippen MR) is 67.4 cm³/mol. The van der Waals surface area contributed by atoms with E-state index >= 15 is 0 Å². The molecule has 0 heterocycles. The van der Waals surface area contributed by atoms with Crippen LogP contribution < -0.4 is 16.2 Å². The minimum atomic E-state index is -4.77. The van der Waals surface area contributed by atoms with Crippen molar-refractivity contribution in [1.82, 2.24) is 0 Å². The molecule has 0 aliphatic heterocycles. The first-order chi connectivity index (χ1) is 8.85. The lowest BCUT2D eigenvalue weighted by atomic mass is 10.0. The fraction of sp³-hybridized carbons (Fsp3) is 0.0769. The summed E-state index contributed by atoms with van der Waals surface area (Å²) in [6.07, 6.45) is -4.77. The molecule has 0 radical (unpaired) electrons. The molecule has 2 aromatic rings. The Morgan fingerprint density at radius 2 is 1.42 bits per heavy atom. The molecule has 6 heteroatoms. The van der Waals surface area contributed by atoms with Gasteiger partial charge in [-0.2, -0.15) is 0 Å². The van der Waals surface area contributed by atoms with Crippen molar-refractivity contribution in [2.45, 2.75) is 6.36 Å². The molecule has 3 nitrogen and oxygen atoms in total. The zero-order chi connectivity index (χ0) is 14.0. The van der Waals surface area contributed by atoms with Gasteiger partial charge in [-0.25, -0.2) is 0 Å². The van der Waals surface area contributed by atoms with Crippen LogP contribution in [-0.2, 0) is 0 Å². The fourth-order valence-corrected chi connectivity index (χ4v) is 1.60. The third-order valence-corrected chi connectivity index (χ3v) is 2.48. The Kier molecular flexibility index (Phi) is 3.25. The Labute approximate surface area is 107 Å². The summed E-state index contributed by atoms with van der Waals surface area (Å²) in [6, 6.07) is 11.0. The van der Waals surface area contributed by atoms with E-state index in [2.05, 4.69) is 4.74 Å². The van der Waals surface area contributed by atoms with Crippen molar-refractivity contribution in [1.29, 1.82) is 0 Å². The Morgan fingerprint density at radius 3 is 2.00 bits per heavy atom. The van der Waals surface area contributed by atoms with Gasteiger partial charge in [0.25, 0.3) is 0 Å². The molecule has 2 rings (SSSR count). The SMILES string of the molecule is Nc1ccc(-c2ccc(N)c(OC(F)(F)F)c2)cc1. The van der Waals surface area contributed by atoms with Gasteiger partial charge >= 0.3 is 6.36 Å². The van der Waals surface area contributed by atoms with Gasteiger partial charge in [-0.15, -0.1) is 13.2 Å². The van der Waals surface area contributed by atoms with Crippen molar-refractivity contribution in [3.63, 3.8) is 0 Å². The van der Waals surface area contributed by atoms with E-state index in [4.69, 9.17) is 11.5 Å². The molecule has 0 bridgehead atoms. The number of nitrogens with two attached hydrogens (primary N) is 2. The van der Waals surface area contributed by atoms with Crippen LogP contribution in [0, 0.1) is 0 Å². The number of benzene rings is 2. The van der Waals surface area contributed by atoms with Crippen LogP contribution in [0.4, 0.5) is 24.5 Å². The van der Waals surface area contributed by atoms with E-state index in [1.54, 1.807) is 30.3 Å². The van der Waals surface area contributed by atoms with Gasteiger partial charge < -0.3 is 16.2 Å². The summed E-state index contributed by atoms with van der Waals surface area (Å²) in [5, 5.41) is 0. The number of hydrogen-bond donors (Lipinski definition) is 2. The largest absolute Gasteiger partial charge is 0.573 e. The zero-order valence-corrected chi connectivity index (χ0v) is 9.74. The zero-order valence-electron chi connectivity index (χ0n) is 9.74. The first kappa shape index (κ1) is 13.1. The van der Waals surface area contributed by atoms with Gasteiger partial charge in [0.05, 0.1) is 5.69 Å². The van der Waals surface area contributed by atoms with Crippen LogP contribution in [-0.4, -0.2) is 6.36 Å². The maximum atomic E-state index is 12.2. The third-order valence-electron chi connectivity index (χ3n) is 2.48. The third kappa shape index (κ3) is 3.31. The minimum absolute atomic E-state index is 0.0727. The van der Waals surface area contributed by atoms with Gasteiger partial charge in [-0.05, 0) is 35.4 Å². The Morgan fingerprint density at radius 1 is 0.842 bits per heavy atom. The molecule has 100 valence electrons. The molecule has 0 spiro atoms. The Bertz CT molecular complexity index is 579. The first-order valence-corrected chi connectivity index (χ1v) is 5.36. The van der Waals surface area contributed by atoms with Crippen LogP contribution in [0.2, 0.25) is 0 Å². The molecule has 19 heavy (non-hydrogen) atoms. The van der Waals surface area contributed by atoms with E-state index in [9.17, 15) is 13.2 Å². The minimum Gasteiger partial charge on any atom is -0.404 e. The Balaban J connectivity index is 2.38. The van der Waals surface area contributed by atoms with Crippen molar-refractivity contribution in [3.05, 3.63) is 42.5 Å². The van der Waals surface area contributed by atoms with Gasteiger partial charge in [0.1, 0.15) is 0 Å². The molecule has 0 aromatic heterocycles. The second kappa shape index (κ2) is 4.72.